The molecule has 0 fully saturated rings. The summed E-state index contributed by atoms with van der Waals surface area (Å²) >= 11 is 0. The van der Waals surface area contributed by atoms with Crippen LogP contribution in [0, 0.1) is 6.92 Å². The van der Waals surface area contributed by atoms with Crippen molar-refractivity contribution in [1.29, 1.82) is 0 Å². The first-order chi connectivity index (χ1) is 12.2. The molecule has 0 saturated heterocycles. The molecule has 3 nitrogen and oxygen atoms in total. The number of carbonyl (C=O) groups excluding carboxylic acids is 1. The normalized spacial score (nSPS) is 11.9. The molecule has 128 valence electrons. The van der Waals surface area contributed by atoms with Crippen molar-refractivity contribution in [2.24, 2.45) is 0 Å². The first kappa shape index (κ1) is 17.0. The van der Waals surface area contributed by atoms with Crippen molar-refractivity contribution in [3.63, 3.8) is 0 Å². The Labute approximate surface area is 148 Å². The van der Waals surface area contributed by atoms with Crippen molar-refractivity contribution in [3.8, 4) is 5.75 Å². The molecule has 0 aliphatic carbocycles. The van der Waals surface area contributed by atoms with Gasteiger partial charge in [0.05, 0.1) is 6.04 Å². The van der Waals surface area contributed by atoms with Crippen molar-refractivity contribution >= 4 is 16.7 Å². The van der Waals surface area contributed by atoms with Crippen LogP contribution < -0.4 is 10.1 Å². The zero-order valence-electron chi connectivity index (χ0n) is 14.7. The van der Waals surface area contributed by atoms with Crippen LogP contribution in [0.15, 0.2) is 66.7 Å². The second kappa shape index (κ2) is 7.84. The number of amides is 1. The van der Waals surface area contributed by atoms with Gasteiger partial charge in [0.1, 0.15) is 5.75 Å². The van der Waals surface area contributed by atoms with Gasteiger partial charge in [0, 0.05) is 5.39 Å². The summed E-state index contributed by atoms with van der Waals surface area (Å²) in [6.45, 7) is 4.13. The van der Waals surface area contributed by atoms with Crippen molar-refractivity contribution in [2.75, 3.05) is 6.61 Å². The minimum Gasteiger partial charge on any atom is -0.483 e. The van der Waals surface area contributed by atoms with E-state index >= 15 is 0 Å². The van der Waals surface area contributed by atoms with E-state index in [0.29, 0.717) is 0 Å². The summed E-state index contributed by atoms with van der Waals surface area (Å²) in [6, 6.07) is 22.1. The van der Waals surface area contributed by atoms with Gasteiger partial charge in [-0.05, 0) is 30.4 Å². The maximum atomic E-state index is 12.3. The average molecular weight is 333 g/mol. The van der Waals surface area contributed by atoms with Gasteiger partial charge in [-0.15, -0.1) is 0 Å². The topological polar surface area (TPSA) is 38.3 Å². The van der Waals surface area contributed by atoms with Gasteiger partial charge >= 0.3 is 0 Å². The van der Waals surface area contributed by atoms with Crippen LogP contribution >= 0.6 is 0 Å². The first-order valence-electron chi connectivity index (χ1n) is 8.64. The summed E-state index contributed by atoms with van der Waals surface area (Å²) in [5.41, 5.74) is 2.33. The quantitative estimate of drug-likeness (QED) is 0.704. The summed E-state index contributed by atoms with van der Waals surface area (Å²) in [7, 11) is 0. The molecule has 0 heterocycles. The minimum absolute atomic E-state index is 0.00391. The molecule has 1 atom stereocenters. The molecule has 3 rings (SSSR count). The van der Waals surface area contributed by atoms with E-state index in [1.165, 1.54) is 5.56 Å². The second-order valence-electron chi connectivity index (χ2n) is 6.20. The number of fused-ring (bicyclic) bond motifs is 1. The Morgan fingerprint density at radius 2 is 1.72 bits per heavy atom. The molecule has 0 radical (unpaired) electrons. The molecule has 0 saturated carbocycles. The predicted molar refractivity (Wildman–Crippen MR) is 102 cm³/mol. The Morgan fingerprint density at radius 1 is 1.00 bits per heavy atom. The van der Waals surface area contributed by atoms with Gasteiger partial charge < -0.3 is 10.1 Å². The lowest BCUT2D eigenvalue weighted by atomic mass is 10.0. The highest BCUT2D eigenvalue weighted by Gasteiger charge is 2.13. The first-order valence-corrected chi connectivity index (χ1v) is 8.64. The fourth-order valence-electron chi connectivity index (χ4n) is 2.92. The Bertz CT molecular complexity index is 850. The molecule has 3 heteroatoms. The molecular formula is C22H23NO2. The summed E-state index contributed by atoms with van der Waals surface area (Å²) in [5.74, 6) is 0.622. The Kier molecular flexibility index (Phi) is 5.34. The van der Waals surface area contributed by atoms with Crippen LogP contribution in [0.3, 0.4) is 0 Å². The third kappa shape index (κ3) is 4.18. The van der Waals surface area contributed by atoms with E-state index < -0.39 is 0 Å². The number of hydrogen-bond acceptors (Lipinski definition) is 2. The monoisotopic (exact) mass is 333 g/mol. The van der Waals surface area contributed by atoms with Crippen molar-refractivity contribution in [2.45, 2.75) is 26.3 Å². The van der Waals surface area contributed by atoms with Crippen LogP contribution in [0.5, 0.6) is 5.75 Å². The average Bonchev–Trinajstić information content (AvgIpc) is 2.65. The molecule has 0 aliphatic heterocycles. The van der Waals surface area contributed by atoms with Gasteiger partial charge in [-0.25, -0.2) is 0 Å². The Balaban J connectivity index is 1.64. The van der Waals surface area contributed by atoms with E-state index in [2.05, 4.69) is 43.4 Å². The number of ether oxygens (including phenoxy) is 1. The van der Waals surface area contributed by atoms with Crippen LogP contribution in [0.2, 0.25) is 0 Å². The number of rotatable bonds is 6. The molecule has 3 aromatic carbocycles. The van der Waals surface area contributed by atoms with Gasteiger partial charge in [-0.2, -0.15) is 0 Å². The lowest BCUT2D eigenvalue weighted by Gasteiger charge is -2.18. The molecule has 0 bridgehead atoms. The van der Waals surface area contributed by atoms with Crippen LogP contribution in [0.4, 0.5) is 0 Å². The number of nitrogens with one attached hydrogen (secondary N) is 1. The molecule has 0 aromatic heterocycles. The van der Waals surface area contributed by atoms with E-state index in [-0.39, 0.29) is 18.6 Å². The van der Waals surface area contributed by atoms with Gasteiger partial charge in [-0.3, -0.25) is 4.79 Å². The summed E-state index contributed by atoms with van der Waals surface area (Å²) in [6.07, 6.45) is 0.836. The highest BCUT2D eigenvalue weighted by atomic mass is 16.5. The molecule has 1 amide bonds. The smallest absolute Gasteiger partial charge is 0.258 e. The number of benzene rings is 3. The van der Waals surface area contributed by atoms with E-state index in [0.717, 1.165) is 28.5 Å². The standard InChI is InChI=1S/C22H23NO2/c1-3-20(18-13-11-16(2)12-14-18)23-22(24)15-25-21-10-6-8-17-7-4-5-9-19(17)21/h4-14,20H,3,15H2,1-2H3,(H,23,24)/t20-/m0/s1. The summed E-state index contributed by atoms with van der Waals surface area (Å²) in [5, 5.41) is 5.18. The maximum Gasteiger partial charge on any atom is 0.258 e. The van der Waals surface area contributed by atoms with Gasteiger partial charge in [-0.1, -0.05) is 73.2 Å². The number of hydrogen-bond donors (Lipinski definition) is 1. The zero-order valence-corrected chi connectivity index (χ0v) is 14.7. The molecule has 3 aromatic rings. The Hall–Kier alpha value is -2.81. The molecule has 0 unspecified atom stereocenters. The van der Waals surface area contributed by atoms with Crippen LogP contribution in [-0.2, 0) is 4.79 Å². The summed E-state index contributed by atoms with van der Waals surface area (Å²) < 4.78 is 5.77. The third-order valence-electron chi connectivity index (χ3n) is 4.33. The van der Waals surface area contributed by atoms with E-state index in [1.54, 1.807) is 0 Å². The molecule has 0 aliphatic rings. The highest BCUT2D eigenvalue weighted by molar-refractivity contribution is 5.88. The minimum atomic E-state index is -0.111. The van der Waals surface area contributed by atoms with Crippen LogP contribution in [-0.4, -0.2) is 12.5 Å². The molecule has 1 N–H and O–H groups in total. The second-order valence-corrected chi connectivity index (χ2v) is 6.20. The summed E-state index contributed by atoms with van der Waals surface area (Å²) in [4.78, 5) is 12.3. The van der Waals surface area contributed by atoms with E-state index in [4.69, 9.17) is 4.74 Å². The number of aryl methyl sites for hydroxylation is 1. The van der Waals surface area contributed by atoms with E-state index in [9.17, 15) is 4.79 Å². The molecular weight excluding hydrogens is 310 g/mol. The lowest BCUT2D eigenvalue weighted by Crippen LogP contribution is -2.32. The van der Waals surface area contributed by atoms with Crippen molar-refractivity contribution in [1.82, 2.24) is 5.32 Å². The largest absolute Gasteiger partial charge is 0.483 e. The van der Waals surface area contributed by atoms with Crippen LogP contribution in [0.1, 0.15) is 30.5 Å². The van der Waals surface area contributed by atoms with Crippen molar-refractivity contribution in [3.05, 3.63) is 77.9 Å². The lowest BCUT2D eigenvalue weighted by molar-refractivity contribution is -0.123. The highest BCUT2D eigenvalue weighted by Crippen LogP contribution is 2.25. The van der Waals surface area contributed by atoms with Gasteiger partial charge in [0.25, 0.3) is 5.91 Å². The van der Waals surface area contributed by atoms with Gasteiger partial charge in [0.2, 0.25) is 0 Å². The zero-order chi connectivity index (χ0) is 17.6. The number of carbonyl (C=O) groups is 1. The molecule has 0 spiro atoms. The third-order valence-corrected chi connectivity index (χ3v) is 4.33. The molecule has 25 heavy (non-hydrogen) atoms. The fourth-order valence-corrected chi connectivity index (χ4v) is 2.92. The fraction of sp³-hybridized carbons (Fsp3) is 0.227. The van der Waals surface area contributed by atoms with Crippen LogP contribution in [0.25, 0.3) is 10.8 Å². The van der Waals surface area contributed by atoms with Gasteiger partial charge in [0.15, 0.2) is 6.61 Å². The Morgan fingerprint density at radius 3 is 2.48 bits per heavy atom. The van der Waals surface area contributed by atoms with Crippen molar-refractivity contribution < 1.29 is 9.53 Å². The SMILES string of the molecule is CC[C@H](NC(=O)COc1cccc2ccccc12)c1ccc(C)cc1. The predicted octanol–water partition coefficient (Wildman–Crippen LogP) is 4.79. The van der Waals surface area contributed by atoms with E-state index in [1.807, 2.05) is 42.5 Å². The maximum absolute atomic E-state index is 12.3.